The molecule has 2 aliphatic carbocycles. The van der Waals surface area contributed by atoms with Gasteiger partial charge in [0.05, 0.1) is 34.8 Å². The fourth-order valence-electron chi connectivity index (χ4n) is 5.09. The molecule has 2 aromatic carbocycles. The molecule has 2 amide bonds. The molecule has 7 heteroatoms. The van der Waals surface area contributed by atoms with Crippen LogP contribution in [0.2, 0.25) is 0 Å². The zero-order chi connectivity index (χ0) is 22.3. The molecule has 0 unspecified atom stereocenters. The number of benzene rings is 2. The van der Waals surface area contributed by atoms with Gasteiger partial charge in [0.25, 0.3) is 11.8 Å². The van der Waals surface area contributed by atoms with E-state index in [-0.39, 0.29) is 23.5 Å². The van der Waals surface area contributed by atoms with E-state index in [1.807, 2.05) is 43.3 Å². The van der Waals surface area contributed by atoms with Crippen molar-refractivity contribution in [2.75, 3.05) is 0 Å². The number of carbonyl (C=O) groups excluding carboxylic acids is 2. The number of amides is 2. The lowest BCUT2D eigenvalue weighted by Gasteiger charge is -2.57. The van der Waals surface area contributed by atoms with Gasteiger partial charge < -0.3 is 15.8 Å². The lowest BCUT2D eigenvalue weighted by molar-refractivity contribution is -0.0834. The molecule has 0 saturated heterocycles. The third-order valence-corrected chi connectivity index (χ3v) is 6.72. The Morgan fingerprint density at radius 3 is 2.44 bits per heavy atom. The van der Waals surface area contributed by atoms with Crippen LogP contribution in [0.15, 0.2) is 60.8 Å². The summed E-state index contributed by atoms with van der Waals surface area (Å²) in [7, 11) is 0. The van der Waals surface area contributed by atoms with E-state index in [1.165, 1.54) is 0 Å². The first-order chi connectivity index (χ1) is 15.4. The van der Waals surface area contributed by atoms with E-state index in [1.54, 1.807) is 29.1 Å². The molecular formula is C25H26N4O3. The summed E-state index contributed by atoms with van der Waals surface area (Å²) in [5.74, 6) is -0.00564. The highest BCUT2D eigenvalue weighted by Gasteiger charge is 2.54. The van der Waals surface area contributed by atoms with Crippen LogP contribution in [0.1, 0.15) is 52.1 Å². The Labute approximate surface area is 186 Å². The van der Waals surface area contributed by atoms with Gasteiger partial charge in [0, 0.05) is 6.04 Å². The minimum Gasteiger partial charge on any atom is -0.490 e. The molecule has 0 bridgehead atoms. The summed E-state index contributed by atoms with van der Waals surface area (Å²) in [5.41, 5.74) is 8.44. The first kappa shape index (κ1) is 20.3. The molecule has 0 aliphatic heterocycles. The molecule has 0 radical (unpaired) electrons. The number of nitrogens with zero attached hydrogens (tertiary/aromatic N) is 2. The van der Waals surface area contributed by atoms with Crippen LogP contribution in [0.5, 0.6) is 5.75 Å². The molecule has 3 aromatic rings. The Balaban J connectivity index is 1.14. The third-order valence-electron chi connectivity index (χ3n) is 6.72. The van der Waals surface area contributed by atoms with Crippen LogP contribution in [0.4, 0.5) is 0 Å². The number of hydrogen-bond acceptors (Lipinski definition) is 4. The number of rotatable bonds is 6. The van der Waals surface area contributed by atoms with Gasteiger partial charge in [0.1, 0.15) is 5.75 Å². The number of primary amides is 1. The number of ether oxygens (including phenoxy) is 1. The Hall–Kier alpha value is -3.61. The van der Waals surface area contributed by atoms with Gasteiger partial charge in [0.2, 0.25) is 0 Å². The summed E-state index contributed by atoms with van der Waals surface area (Å²) < 4.78 is 7.81. The zero-order valence-corrected chi connectivity index (χ0v) is 18.0. The third kappa shape index (κ3) is 3.64. The smallest absolute Gasteiger partial charge is 0.254 e. The van der Waals surface area contributed by atoms with E-state index in [2.05, 4.69) is 10.4 Å². The Morgan fingerprint density at radius 1 is 1.03 bits per heavy atom. The molecule has 5 rings (SSSR count). The second-order valence-electron chi connectivity index (χ2n) is 8.98. The predicted octanol–water partition coefficient (Wildman–Crippen LogP) is 3.40. The van der Waals surface area contributed by atoms with Crippen LogP contribution in [0.25, 0.3) is 5.69 Å². The summed E-state index contributed by atoms with van der Waals surface area (Å²) in [5, 5.41) is 7.55. The number of hydrogen-bond donors (Lipinski definition) is 2. The van der Waals surface area contributed by atoms with Gasteiger partial charge in [0.15, 0.2) is 0 Å². The molecule has 3 N–H and O–H groups in total. The van der Waals surface area contributed by atoms with Gasteiger partial charge in [-0.05, 0) is 62.3 Å². The molecule has 7 nitrogen and oxygen atoms in total. The zero-order valence-electron chi connectivity index (χ0n) is 18.0. The number of aromatic nitrogens is 2. The quantitative estimate of drug-likeness (QED) is 0.626. The van der Waals surface area contributed by atoms with Crippen molar-refractivity contribution in [3.05, 3.63) is 77.6 Å². The molecule has 0 atom stereocenters. The average molecular weight is 431 g/mol. The van der Waals surface area contributed by atoms with Gasteiger partial charge >= 0.3 is 0 Å². The highest BCUT2D eigenvalue weighted by molar-refractivity contribution is 5.96. The van der Waals surface area contributed by atoms with Crippen LogP contribution < -0.4 is 15.8 Å². The summed E-state index contributed by atoms with van der Waals surface area (Å²) >= 11 is 0. The fourth-order valence-corrected chi connectivity index (χ4v) is 5.09. The maximum absolute atomic E-state index is 12.8. The molecule has 2 fully saturated rings. The summed E-state index contributed by atoms with van der Waals surface area (Å²) in [6, 6.07) is 17.0. The fraction of sp³-hybridized carbons (Fsp3) is 0.320. The molecule has 1 heterocycles. The standard InChI is InChI=1S/C25H26N4O3/c1-16-21(15-27-29(16)18-7-3-2-4-8-18)24(31)28-17-11-25(12-17)13-19(14-25)32-22-10-6-5-9-20(22)23(26)30/h2-10,15,17,19H,11-14H2,1H3,(H2,26,30)(H,28,31). The van der Waals surface area contributed by atoms with Crippen molar-refractivity contribution in [1.82, 2.24) is 15.1 Å². The van der Waals surface area contributed by atoms with E-state index in [4.69, 9.17) is 10.5 Å². The van der Waals surface area contributed by atoms with Crippen molar-refractivity contribution in [1.29, 1.82) is 0 Å². The van der Waals surface area contributed by atoms with Crippen molar-refractivity contribution >= 4 is 11.8 Å². The van der Waals surface area contributed by atoms with E-state index < -0.39 is 5.91 Å². The van der Waals surface area contributed by atoms with Crippen LogP contribution in [0.3, 0.4) is 0 Å². The maximum atomic E-state index is 12.8. The second kappa shape index (κ2) is 7.82. The molecular weight excluding hydrogens is 404 g/mol. The molecule has 32 heavy (non-hydrogen) atoms. The Bertz CT molecular complexity index is 1160. The highest BCUT2D eigenvalue weighted by Crippen LogP contribution is 2.56. The monoisotopic (exact) mass is 430 g/mol. The van der Waals surface area contributed by atoms with Gasteiger partial charge in [-0.3, -0.25) is 9.59 Å². The van der Waals surface area contributed by atoms with Crippen molar-refractivity contribution < 1.29 is 14.3 Å². The molecule has 1 aromatic heterocycles. The van der Waals surface area contributed by atoms with Gasteiger partial charge in [-0.15, -0.1) is 0 Å². The van der Waals surface area contributed by atoms with Crippen molar-refractivity contribution in [2.45, 2.75) is 44.8 Å². The number of carbonyl (C=O) groups is 2. The van der Waals surface area contributed by atoms with Crippen LogP contribution in [0, 0.1) is 12.3 Å². The first-order valence-electron chi connectivity index (χ1n) is 10.9. The molecule has 2 saturated carbocycles. The molecule has 164 valence electrons. The van der Waals surface area contributed by atoms with Crippen molar-refractivity contribution in [2.24, 2.45) is 11.1 Å². The van der Waals surface area contributed by atoms with Gasteiger partial charge in [-0.2, -0.15) is 5.10 Å². The van der Waals surface area contributed by atoms with E-state index in [0.717, 1.165) is 37.1 Å². The minimum absolute atomic E-state index is 0.0768. The lowest BCUT2D eigenvalue weighted by Crippen LogP contribution is -2.58. The number of para-hydroxylation sites is 2. The largest absolute Gasteiger partial charge is 0.490 e. The SMILES string of the molecule is Cc1c(C(=O)NC2CC3(C2)CC(Oc2ccccc2C(N)=O)C3)cnn1-c1ccccc1. The maximum Gasteiger partial charge on any atom is 0.254 e. The lowest BCUT2D eigenvalue weighted by atomic mass is 9.53. The second-order valence-corrected chi connectivity index (χ2v) is 8.98. The average Bonchev–Trinajstić information content (AvgIpc) is 3.12. The first-order valence-corrected chi connectivity index (χ1v) is 10.9. The van der Waals surface area contributed by atoms with Crippen LogP contribution >= 0.6 is 0 Å². The van der Waals surface area contributed by atoms with Gasteiger partial charge in [-0.25, -0.2) is 4.68 Å². The van der Waals surface area contributed by atoms with E-state index in [9.17, 15) is 9.59 Å². The Kier molecular flexibility index (Phi) is 4.96. The summed E-state index contributed by atoms with van der Waals surface area (Å²) in [6.07, 6.45) is 5.47. The minimum atomic E-state index is -0.480. The normalized spacial score (nSPS) is 23.8. The number of nitrogens with two attached hydrogens (primary N) is 1. The van der Waals surface area contributed by atoms with E-state index >= 15 is 0 Å². The highest BCUT2D eigenvalue weighted by atomic mass is 16.5. The van der Waals surface area contributed by atoms with E-state index in [0.29, 0.717) is 16.9 Å². The van der Waals surface area contributed by atoms with Crippen LogP contribution in [-0.4, -0.2) is 33.7 Å². The number of nitrogens with one attached hydrogen (secondary N) is 1. The summed E-state index contributed by atoms with van der Waals surface area (Å²) in [4.78, 5) is 24.4. The van der Waals surface area contributed by atoms with Crippen molar-refractivity contribution in [3.8, 4) is 11.4 Å². The van der Waals surface area contributed by atoms with Crippen molar-refractivity contribution in [3.63, 3.8) is 0 Å². The molecule has 2 aliphatic rings. The topological polar surface area (TPSA) is 99.2 Å². The summed E-state index contributed by atoms with van der Waals surface area (Å²) in [6.45, 7) is 1.91. The Morgan fingerprint density at radius 2 is 1.72 bits per heavy atom. The predicted molar refractivity (Wildman–Crippen MR) is 120 cm³/mol. The van der Waals surface area contributed by atoms with Gasteiger partial charge in [-0.1, -0.05) is 30.3 Å². The van der Waals surface area contributed by atoms with Crippen LogP contribution in [-0.2, 0) is 0 Å². The molecule has 1 spiro atoms.